The standard InChI is InChI=1S/C19H29N3O/c1-15-5-4-6-17(13-15)19(7-8-19)18(23)20-14-16(2)22-11-9-21(3)10-12-22/h4-6,13,16H,7-12,14H2,1-3H3,(H,20,23). The second-order valence-corrected chi connectivity index (χ2v) is 7.35. The first-order valence-corrected chi connectivity index (χ1v) is 8.79. The van der Waals surface area contributed by atoms with E-state index < -0.39 is 0 Å². The van der Waals surface area contributed by atoms with E-state index in [9.17, 15) is 4.79 Å². The predicted molar refractivity (Wildman–Crippen MR) is 93.6 cm³/mol. The minimum Gasteiger partial charge on any atom is -0.354 e. The largest absolute Gasteiger partial charge is 0.354 e. The second-order valence-electron chi connectivity index (χ2n) is 7.35. The zero-order chi connectivity index (χ0) is 16.4. The van der Waals surface area contributed by atoms with Gasteiger partial charge in [-0.25, -0.2) is 0 Å². The van der Waals surface area contributed by atoms with Gasteiger partial charge in [-0.05, 0) is 39.3 Å². The molecule has 1 saturated carbocycles. The van der Waals surface area contributed by atoms with Gasteiger partial charge in [0, 0.05) is 38.8 Å². The third-order valence-corrected chi connectivity index (χ3v) is 5.47. The molecule has 0 spiro atoms. The minimum atomic E-state index is -0.256. The molecule has 3 rings (SSSR count). The molecular weight excluding hydrogens is 286 g/mol. The SMILES string of the molecule is Cc1cccc(C2(C(=O)NCC(C)N3CCN(C)CC3)CC2)c1. The van der Waals surface area contributed by atoms with E-state index in [4.69, 9.17) is 0 Å². The fourth-order valence-corrected chi connectivity index (χ4v) is 3.52. The molecule has 4 heteroatoms. The Kier molecular flexibility index (Phi) is 4.74. The molecule has 1 aliphatic heterocycles. The zero-order valence-corrected chi connectivity index (χ0v) is 14.6. The summed E-state index contributed by atoms with van der Waals surface area (Å²) < 4.78 is 0. The van der Waals surface area contributed by atoms with Crippen molar-refractivity contribution in [2.75, 3.05) is 39.8 Å². The molecule has 2 fully saturated rings. The molecule has 1 aromatic rings. The molecule has 1 N–H and O–H groups in total. The summed E-state index contributed by atoms with van der Waals surface area (Å²) in [5.74, 6) is 0.212. The Labute approximate surface area is 139 Å². The number of nitrogens with zero attached hydrogens (tertiary/aromatic N) is 2. The van der Waals surface area contributed by atoms with Crippen LogP contribution in [0.3, 0.4) is 0 Å². The third kappa shape index (κ3) is 3.59. The van der Waals surface area contributed by atoms with Crippen LogP contribution in [0.5, 0.6) is 0 Å². The van der Waals surface area contributed by atoms with Crippen LogP contribution in [0, 0.1) is 6.92 Å². The van der Waals surface area contributed by atoms with Crippen molar-refractivity contribution in [2.45, 2.75) is 38.1 Å². The first-order valence-electron chi connectivity index (χ1n) is 8.79. The molecule has 126 valence electrons. The van der Waals surface area contributed by atoms with Gasteiger partial charge in [0.2, 0.25) is 5.91 Å². The number of nitrogens with one attached hydrogen (secondary N) is 1. The molecule has 23 heavy (non-hydrogen) atoms. The number of hydrogen-bond acceptors (Lipinski definition) is 3. The predicted octanol–water partition coefficient (Wildman–Crippen LogP) is 1.78. The highest BCUT2D eigenvalue weighted by atomic mass is 16.2. The number of aryl methyl sites for hydroxylation is 1. The molecule has 0 radical (unpaired) electrons. The lowest BCUT2D eigenvalue weighted by atomic mass is 9.93. The first-order chi connectivity index (χ1) is 11.0. The van der Waals surface area contributed by atoms with E-state index in [1.54, 1.807) is 0 Å². The van der Waals surface area contributed by atoms with Crippen molar-refractivity contribution < 1.29 is 4.79 Å². The molecule has 1 amide bonds. The number of likely N-dealkylation sites (N-methyl/N-ethyl adjacent to an activating group) is 1. The quantitative estimate of drug-likeness (QED) is 0.900. The number of piperazine rings is 1. The summed E-state index contributed by atoms with van der Waals surface area (Å²) in [7, 11) is 2.17. The van der Waals surface area contributed by atoms with E-state index in [0.717, 1.165) is 45.6 Å². The number of rotatable bonds is 5. The summed E-state index contributed by atoms with van der Waals surface area (Å²) in [6.07, 6.45) is 1.95. The highest BCUT2D eigenvalue weighted by molar-refractivity contribution is 5.91. The van der Waals surface area contributed by atoms with Crippen LogP contribution in [0.1, 0.15) is 30.9 Å². The minimum absolute atomic E-state index is 0.212. The Morgan fingerprint density at radius 3 is 2.57 bits per heavy atom. The average Bonchev–Trinajstić information content (AvgIpc) is 3.35. The van der Waals surface area contributed by atoms with Gasteiger partial charge in [-0.2, -0.15) is 0 Å². The fraction of sp³-hybridized carbons (Fsp3) is 0.632. The van der Waals surface area contributed by atoms with Crippen LogP contribution in [0.15, 0.2) is 24.3 Å². The number of carbonyl (C=O) groups excluding carboxylic acids is 1. The smallest absolute Gasteiger partial charge is 0.230 e. The highest BCUT2D eigenvalue weighted by Crippen LogP contribution is 2.48. The molecule has 2 aliphatic rings. The second kappa shape index (κ2) is 6.62. The van der Waals surface area contributed by atoms with Gasteiger partial charge in [0.05, 0.1) is 5.41 Å². The summed E-state index contributed by atoms with van der Waals surface area (Å²) >= 11 is 0. The number of carbonyl (C=O) groups is 1. The van der Waals surface area contributed by atoms with Crippen molar-refractivity contribution in [2.24, 2.45) is 0 Å². The molecule has 0 aromatic heterocycles. The number of amides is 1. The molecule has 1 aliphatic carbocycles. The maximum atomic E-state index is 12.7. The van der Waals surface area contributed by atoms with Gasteiger partial charge in [-0.1, -0.05) is 29.8 Å². The lowest BCUT2D eigenvalue weighted by molar-refractivity contribution is -0.123. The van der Waals surface area contributed by atoms with Crippen molar-refractivity contribution in [3.8, 4) is 0 Å². The highest BCUT2D eigenvalue weighted by Gasteiger charge is 2.51. The maximum absolute atomic E-state index is 12.7. The molecule has 1 saturated heterocycles. The topological polar surface area (TPSA) is 35.6 Å². The molecule has 1 unspecified atom stereocenters. The van der Waals surface area contributed by atoms with Gasteiger partial charge in [-0.15, -0.1) is 0 Å². The maximum Gasteiger partial charge on any atom is 0.230 e. The first kappa shape index (κ1) is 16.5. The van der Waals surface area contributed by atoms with E-state index in [1.807, 2.05) is 0 Å². The Morgan fingerprint density at radius 1 is 1.26 bits per heavy atom. The fourth-order valence-electron chi connectivity index (χ4n) is 3.52. The summed E-state index contributed by atoms with van der Waals surface area (Å²) in [6.45, 7) is 9.48. The lowest BCUT2D eigenvalue weighted by Gasteiger charge is -2.36. The van der Waals surface area contributed by atoms with Crippen LogP contribution < -0.4 is 5.32 Å². The average molecular weight is 315 g/mol. The normalized spacial score (nSPS) is 22.6. The van der Waals surface area contributed by atoms with E-state index in [-0.39, 0.29) is 11.3 Å². The van der Waals surface area contributed by atoms with Crippen LogP contribution in [-0.4, -0.2) is 61.5 Å². The zero-order valence-electron chi connectivity index (χ0n) is 14.6. The van der Waals surface area contributed by atoms with Gasteiger partial charge in [-0.3, -0.25) is 9.69 Å². The molecule has 0 bridgehead atoms. The summed E-state index contributed by atoms with van der Waals surface area (Å²) in [6, 6.07) is 8.82. The molecule has 4 nitrogen and oxygen atoms in total. The summed E-state index contributed by atoms with van der Waals surface area (Å²) in [5.41, 5.74) is 2.16. The van der Waals surface area contributed by atoms with Gasteiger partial charge in [0.1, 0.15) is 0 Å². The Hall–Kier alpha value is -1.39. The van der Waals surface area contributed by atoms with Crippen molar-refractivity contribution in [1.29, 1.82) is 0 Å². The number of hydrogen-bond donors (Lipinski definition) is 1. The van der Waals surface area contributed by atoms with Crippen LogP contribution in [0.4, 0.5) is 0 Å². The van der Waals surface area contributed by atoms with Gasteiger partial charge < -0.3 is 10.2 Å². The van der Waals surface area contributed by atoms with Gasteiger partial charge in [0.15, 0.2) is 0 Å². The van der Waals surface area contributed by atoms with Crippen LogP contribution >= 0.6 is 0 Å². The lowest BCUT2D eigenvalue weighted by Crippen LogP contribution is -2.52. The molecular formula is C19H29N3O. The Balaban J connectivity index is 1.55. The van der Waals surface area contributed by atoms with E-state index >= 15 is 0 Å². The van der Waals surface area contributed by atoms with E-state index in [0.29, 0.717) is 6.04 Å². The summed E-state index contributed by atoms with van der Waals surface area (Å²) in [4.78, 5) is 17.6. The van der Waals surface area contributed by atoms with Crippen LogP contribution in [0.25, 0.3) is 0 Å². The van der Waals surface area contributed by atoms with Gasteiger partial charge in [0.25, 0.3) is 0 Å². The van der Waals surface area contributed by atoms with E-state index in [1.165, 1.54) is 11.1 Å². The van der Waals surface area contributed by atoms with Crippen molar-refractivity contribution >= 4 is 5.91 Å². The summed E-state index contributed by atoms with van der Waals surface area (Å²) in [5, 5.41) is 3.22. The Morgan fingerprint density at radius 2 is 1.96 bits per heavy atom. The third-order valence-electron chi connectivity index (χ3n) is 5.47. The van der Waals surface area contributed by atoms with Crippen LogP contribution in [-0.2, 0) is 10.2 Å². The monoisotopic (exact) mass is 315 g/mol. The molecule has 1 aromatic carbocycles. The van der Waals surface area contributed by atoms with Crippen molar-refractivity contribution in [3.63, 3.8) is 0 Å². The Bertz CT molecular complexity index is 559. The van der Waals surface area contributed by atoms with Crippen molar-refractivity contribution in [1.82, 2.24) is 15.1 Å². The number of benzene rings is 1. The molecule has 1 heterocycles. The van der Waals surface area contributed by atoms with Gasteiger partial charge >= 0.3 is 0 Å². The molecule has 1 atom stereocenters. The van der Waals surface area contributed by atoms with Crippen molar-refractivity contribution in [3.05, 3.63) is 35.4 Å². The van der Waals surface area contributed by atoms with Crippen LogP contribution in [0.2, 0.25) is 0 Å². The van der Waals surface area contributed by atoms with E-state index in [2.05, 4.69) is 60.3 Å².